The van der Waals surface area contributed by atoms with Crippen LogP contribution in [0, 0.1) is 5.82 Å². The highest BCUT2D eigenvalue weighted by atomic mass is 35.5. The van der Waals surface area contributed by atoms with Crippen LogP contribution in [0.5, 0.6) is 5.75 Å². The van der Waals surface area contributed by atoms with Crippen LogP contribution in [0.2, 0.25) is 5.15 Å². The number of alkyl halides is 3. The summed E-state index contributed by atoms with van der Waals surface area (Å²) in [5.41, 5.74) is 4.93. The van der Waals surface area contributed by atoms with Gasteiger partial charge in [0.1, 0.15) is 33.8 Å². The largest absolute Gasteiger partial charge is 0.497 e. The summed E-state index contributed by atoms with van der Waals surface area (Å²) in [6.07, 6.45) is -0.969. The molecule has 0 radical (unpaired) electrons. The zero-order valence-corrected chi connectivity index (χ0v) is 23.7. The lowest BCUT2D eigenvalue weighted by atomic mass is 9.92. The first-order chi connectivity index (χ1) is 20.4. The molecular weight excluding hydrogens is 596 g/mol. The topological polar surface area (TPSA) is 124 Å². The predicted molar refractivity (Wildman–Crippen MR) is 147 cm³/mol. The number of nitrogens with two attached hydrogens (primary N) is 1. The van der Waals surface area contributed by atoms with Gasteiger partial charge >= 0.3 is 6.18 Å². The molecule has 16 heteroatoms. The number of carbonyl (C=O) groups is 2. The van der Waals surface area contributed by atoms with Crippen molar-refractivity contribution in [3.63, 3.8) is 0 Å². The number of ether oxygens (including phenoxy) is 1. The number of amides is 2. The smallest absolute Gasteiger partial charge is 0.433 e. The number of methoxy groups -OCH3 is 1. The molecule has 1 aromatic carbocycles. The third-order valence-corrected chi connectivity index (χ3v) is 8.16. The summed E-state index contributed by atoms with van der Waals surface area (Å²) in [5, 5.41) is 4.05. The Morgan fingerprint density at radius 3 is 2.65 bits per heavy atom. The number of hydrogen-bond acceptors (Lipinski definition) is 7. The zero-order valence-electron chi connectivity index (χ0n) is 22.9. The van der Waals surface area contributed by atoms with Gasteiger partial charge in [0, 0.05) is 49.7 Å². The molecule has 4 aromatic rings. The predicted octanol–water partition coefficient (Wildman–Crippen LogP) is 4.71. The van der Waals surface area contributed by atoms with E-state index in [1.165, 1.54) is 23.8 Å². The summed E-state index contributed by atoms with van der Waals surface area (Å²) < 4.78 is 63.1. The first-order valence-electron chi connectivity index (χ1n) is 13.3. The number of nitrogen functional groups attached to an aromatic ring is 1. The lowest BCUT2D eigenvalue weighted by Crippen LogP contribution is -2.41. The van der Waals surface area contributed by atoms with Crippen LogP contribution in [-0.4, -0.2) is 60.6 Å². The summed E-state index contributed by atoms with van der Waals surface area (Å²) in [5.74, 6) is -2.54. The Hall–Kier alpha value is -4.40. The van der Waals surface area contributed by atoms with Gasteiger partial charge in [0.05, 0.1) is 13.3 Å². The molecular formula is C27H25ClF4N8O3. The van der Waals surface area contributed by atoms with E-state index in [1.807, 2.05) is 0 Å². The summed E-state index contributed by atoms with van der Waals surface area (Å²) >= 11 is 6.59. The number of piperidine rings is 1. The summed E-state index contributed by atoms with van der Waals surface area (Å²) in [6, 6.07) is 4.00. The fourth-order valence-electron chi connectivity index (χ4n) is 5.89. The average Bonchev–Trinajstić information content (AvgIpc) is 3.66. The van der Waals surface area contributed by atoms with Crippen molar-refractivity contribution >= 4 is 46.4 Å². The number of anilines is 3. The van der Waals surface area contributed by atoms with E-state index < -0.39 is 29.4 Å². The Bertz CT molecular complexity index is 1770. The van der Waals surface area contributed by atoms with Crippen molar-refractivity contribution in [3.05, 3.63) is 58.5 Å². The molecule has 0 unspecified atom stereocenters. The van der Waals surface area contributed by atoms with Crippen LogP contribution in [0.15, 0.2) is 30.5 Å². The van der Waals surface area contributed by atoms with E-state index in [4.69, 9.17) is 27.1 Å². The first-order valence-corrected chi connectivity index (χ1v) is 13.7. The van der Waals surface area contributed by atoms with E-state index in [2.05, 4.69) is 10.1 Å². The Kier molecular flexibility index (Phi) is 6.94. The number of benzene rings is 1. The van der Waals surface area contributed by atoms with Crippen molar-refractivity contribution in [2.24, 2.45) is 7.05 Å². The molecule has 2 saturated heterocycles. The van der Waals surface area contributed by atoms with Gasteiger partial charge < -0.3 is 15.4 Å². The van der Waals surface area contributed by atoms with Crippen molar-refractivity contribution in [2.75, 3.05) is 24.3 Å². The second kappa shape index (κ2) is 10.4. The molecule has 2 fully saturated rings. The van der Waals surface area contributed by atoms with Crippen LogP contribution < -0.4 is 15.4 Å². The molecule has 11 nitrogen and oxygen atoms in total. The Morgan fingerprint density at radius 1 is 1.19 bits per heavy atom. The minimum absolute atomic E-state index is 0.00644. The molecule has 0 saturated carbocycles. The van der Waals surface area contributed by atoms with Gasteiger partial charge in [-0.2, -0.15) is 18.3 Å². The normalized spacial score (nSPS) is 18.8. The molecule has 43 heavy (non-hydrogen) atoms. The maximum atomic E-state index is 14.5. The summed E-state index contributed by atoms with van der Waals surface area (Å²) in [6.45, 7) is 0.331. The molecule has 2 N–H and O–H groups in total. The maximum absolute atomic E-state index is 14.5. The van der Waals surface area contributed by atoms with Crippen LogP contribution in [0.25, 0.3) is 5.52 Å². The molecule has 0 bridgehead atoms. The second-order valence-corrected chi connectivity index (χ2v) is 10.9. The van der Waals surface area contributed by atoms with E-state index in [0.717, 1.165) is 30.5 Å². The molecule has 2 amide bonds. The third-order valence-electron chi connectivity index (χ3n) is 7.89. The maximum Gasteiger partial charge on any atom is 0.433 e. The average molecular weight is 621 g/mol. The van der Waals surface area contributed by atoms with E-state index in [1.54, 1.807) is 4.90 Å². The summed E-state index contributed by atoms with van der Waals surface area (Å²) in [4.78, 5) is 38.1. The van der Waals surface area contributed by atoms with Crippen LogP contribution >= 0.6 is 11.6 Å². The van der Waals surface area contributed by atoms with Crippen LogP contribution in [0.4, 0.5) is 35.0 Å². The molecule has 2 aliphatic rings. The number of nitrogens with zero attached hydrogens (tertiary/aromatic N) is 7. The van der Waals surface area contributed by atoms with Crippen molar-refractivity contribution in [1.82, 2.24) is 29.0 Å². The van der Waals surface area contributed by atoms with Crippen LogP contribution in [-0.2, 0) is 18.0 Å². The Labute approximate surface area is 246 Å². The molecule has 3 aromatic heterocycles. The lowest BCUT2D eigenvalue weighted by Gasteiger charge is -2.34. The van der Waals surface area contributed by atoms with Crippen LogP contribution in [0.3, 0.4) is 0 Å². The molecule has 5 heterocycles. The molecule has 2 aliphatic heterocycles. The number of aromatic nitrogens is 5. The van der Waals surface area contributed by atoms with Gasteiger partial charge in [-0.1, -0.05) is 11.6 Å². The van der Waals surface area contributed by atoms with E-state index in [0.29, 0.717) is 42.4 Å². The number of rotatable bonds is 5. The second-order valence-electron chi connectivity index (χ2n) is 10.5. The minimum atomic E-state index is -4.80. The SMILES string of the molecule is COc1cc(F)cc(C(=O)N(c2cc(C(F)(F)F)n(C)n2)c2nc([C@@H]3CC[C@H]4CCC(=O)N4C3)n3c(Cl)cnc(N)c23)c1. The van der Waals surface area contributed by atoms with Crippen molar-refractivity contribution < 1.29 is 31.9 Å². The quantitative estimate of drug-likeness (QED) is 0.321. The molecule has 0 aliphatic carbocycles. The van der Waals surface area contributed by atoms with Crippen molar-refractivity contribution in [1.29, 1.82) is 0 Å². The van der Waals surface area contributed by atoms with E-state index in [9.17, 15) is 27.2 Å². The van der Waals surface area contributed by atoms with Gasteiger partial charge in [-0.25, -0.2) is 19.3 Å². The van der Waals surface area contributed by atoms with Crippen molar-refractivity contribution in [2.45, 2.75) is 43.8 Å². The standard InChI is InChI=1S/C27H25ClF4N8O3/c1-37-18(27(30,31)32)10-20(36-37)40(26(42)14-7-15(29)9-17(8-14)43-2)25-22-23(33)34-11-19(28)39(22)24(35-25)13-3-4-16-5-6-21(41)38(16)12-13/h7-11,13,16H,3-6,12H2,1-2H3,(H2,33,34)/t13-,16+/m1/s1. The van der Waals surface area contributed by atoms with E-state index in [-0.39, 0.29) is 51.5 Å². The molecule has 0 spiro atoms. The first kappa shape index (κ1) is 28.7. The Morgan fingerprint density at radius 2 is 1.95 bits per heavy atom. The van der Waals surface area contributed by atoms with Crippen LogP contribution in [0.1, 0.15) is 53.5 Å². The fourth-order valence-corrected chi connectivity index (χ4v) is 6.11. The van der Waals surface area contributed by atoms with E-state index >= 15 is 0 Å². The number of carbonyl (C=O) groups excluding carboxylic acids is 2. The molecule has 6 rings (SSSR count). The number of hydrogen-bond donors (Lipinski definition) is 1. The highest BCUT2D eigenvalue weighted by Gasteiger charge is 2.41. The number of imidazole rings is 1. The molecule has 2 atom stereocenters. The van der Waals surface area contributed by atoms with Gasteiger partial charge in [0.15, 0.2) is 17.5 Å². The third kappa shape index (κ3) is 4.90. The number of halogens is 5. The molecule has 226 valence electrons. The summed E-state index contributed by atoms with van der Waals surface area (Å²) in [7, 11) is 2.35. The minimum Gasteiger partial charge on any atom is -0.497 e. The number of aryl methyl sites for hydroxylation is 1. The monoisotopic (exact) mass is 620 g/mol. The van der Waals surface area contributed by atoms with Gasteiger partial charge in [0.2, 0.25) is 5.91 Å². The zero-order chi connectivity index (χ0) is 30.8. The highest BCUT2D eigenvalue weighted by Crippen LogP contribution is 2.42. The fraction of sp³-hybridized carbons (Fsp3) is 0.370. The van der Waals surface area contributed by atoms with Gasteiger partial charge in [-0.15, -0.1) is 0 Å². The van der Waals surface area contributed by atoms with Gasteiger partial charge in [0.25, 0.3) is 5.91 Å². The Balaban J connectivity index is 1.58. The number of fused-ring (bicyclic) bond motifs is 2. The van der Waals surface area contributed by atoms with Gasteiger partial charge in [-0.05, 0) is 31.4 Å². The highest BCUT2D eigenvalue weighted by molar-refractivity contribution is 6.30. The lowest BCUT2D eigenvalue weighted by molar-refractivity contribution is -0.143. The van der Waals surface area contributed by atoms with Gasteiger partial charge in [-0.3, -0.25) is 18.7 Å². The van der Waals surface area contributed by atoms with Crippen molar-refractivity contribution in [3.8, 4) is 5.75 Å².